The molecule has 0 radical (unpaired) electrons. The van der Waals surface area contributed by atoms with Gasteiger partial charge >= 0.3 is 0 Å². The van der Waals surface area contributed by atoms with Crippen LogP contribution in [-0.2, 0) is 4.79 Å². The van der Waals surface area contributed by atoms with E-state index in [0.717, 1.165) is 34.6 Å². The zero-order valence-electron chi connectivity index (χ0n) is 15.4. The summed E-state index contributed by atoms with van der Waals surface area (Å²) in [6.07, 6.45) is 7.14. The molecule has 2 N–H and O–H groups in total. The molecular weight excluding hydrogens is 354 g/mol. The molecule has 1 saturated carbocycles. The Bertz CT molecular complexity index is 852. The summed E-state index contributed by atoms with van der Waals surface area (Å²) in [5.41, 5.74) is 2.93. The number of thioether (sulfide) groups is 1. The molecule has 0 bridgehead atoms. The van der Waals surface area contributed by atoms with Crippen molar-refractivity contribution in [2.24, 2.45) is 0 Å². The van der Waals surface area contributed by atoms with E-state index in [9.17, 15) is 4.79 Å². The van der Waals surface area contributed by atoms with Gasteiger partial charge in [-0.3, -0.25) is 4.79 Å². The number of carbonyl (C=O) groups excluding carboxylic acids is 1. The maximum absolute atomic E-state index is 13.2. The van der Waals surface area contributed by atoms with E-state index in [1.807, 2.05) is 54.6 Å². The topological polar surface area (TPSA) is 57.8 Å². The van der Waals surface area contributed by atoms with Crippen LogP contribution in [0.15, 0.2) is 59.8 Å². The van der Waals surface area contributed by atoms with Crippen LogP contribution >= 0.6 is 11.8 Å². The first-order valence-electron chi connectivity index (χ1n) is 9.76. The summed E-state index contributed by atoms with van der Waals surface area (Å²) < 4.78 is 0. The average molecular weight is 380 g/mol. The van der Waals surface area contributed by atoms with Crippen LogP contribution < -0.4 is 5.32 Å². The van der Waals surface area contributed by atoms with E-state index in [4.69, 9.17) is 0 Å². The van der Waals surface area contributed by atoms with Crippen molar-refractivity contribution in [3.8, 4) is 0 Å². The van der Waals surface area contributed by atoms with Gasteiger partial charge in [0.15, 0.2) is 5.16 Å². The van der Waals surface area contributed by atoms with Gasteiger partial charge in [-0.25, -0.2) is 4.98 Å². The number of H-pyrrole nitrogens is 1. The lowest BCUT2D eigenvalue weighted by Gasteiger charge is -2.21. The van der Waals surface area contributed by atoms with Crippen LogP contribution in [0.2, 0.25) is 0 Å². The summed E-state index contributed by atoms with van der Waals surface area (Å²) in [5, 5.41) is 3.78. The molecule has 0 aliphatic heterocycles. The van der Waals surface area contributed by atoms with Crippen LogP contribution in [0.5, 0.6) is 0 Å². The van der Waals surface area contributed by atoms with Gasteiger partial charge in [-0.15, -0.1) is 0 Å². The molecule has 4 rings (SSSR count). The molecule has 1 amide bonds. The van der Waals surface area contributed by atoms with Crippen LogP contribution in [0.3, 0.4) is 0 Å². The Labute approximate surface area is 164 Å². The number of hydrogen-bond acceptors (Lipinski definition) is 3. The Kier molecular flexibility index (Phi) is 5.78. The predicted octanol–water partition coefficient (Wildman–Crippen LogP) is 5.24. The molecule has 1 atom stereocenters. The molecule has 1 aliphatic carbocycles. The SMILES string of the molecule is O=C(NC1CCCCCC1)C(Sc1nc2ccccc2[nH]1)c1ccccc1. The molecule has 4 nitrogen and oxygen atoms in total. The number of aromatic nitrogens is 2. The Morgan fingerprint density at radius 2 is 1.70 bits per heavy atom. The normalized spacial score (nSPS) is 16.7. The maximum atomic E-state index is 13.2. The van der Waals surface area contributed by atoms with E-state index in [-0.39, 0.29) is 11.2 Å². The van der Waals surface area contributed by atoms with Crippen molar-refractivity contribution in [1.82, 2.24) is 15.3 Å². The minimum absolute atomic E-state index is 0.0820. The third-order valence-electron chi connectivity index (χ3n) is 5.14. The van der Waals surface area contributed by atoms with E-state index >= 15 is 0 Å². The van der Waals surface area contributed by atoms with Gasteiger partial charge in [0.25, 0.3) is 0 Å². The summed E-state index contributed by atoms with van der Waals surface area (Å²) in [5.74, 6) is 0.0820. The fraction of sp³-hybridized carbons (Fsp3) is 0.364. The number of carbonyl (C=O) groups is 1. The number of aromatic amines is 1. The standard InChI is InChI=1S/C22H25N3OS/c26-21(23-17-12-6-1-2-7-13-17)20(16-10-4-3-5-11-16)27-22-24-18-14-8-9-15-19(18)25-22/h3-5,8-11,14-15,17,20H,1-2,6-7,12-13H2,(H,23,26)(H,24,25). The molecule has 1 aliphatic rings. The average Bonchev–Trinajstić information content (AvgIpc) is 2.94. The van der Waals surface area contributed by atoms with Gasteiger partial charge in [-0.05, 0) is 30.5 Å². The fourth-order valence-corrected chi connectivity index (χ4v) is 4.71. The van der Waals surface area contributed by atoms with Gasteiger partial charge in [-0.1, -0.05) is 79.9 Å². The summed E-state index contributed by atoms with van der Waals surface area (Å²) in [6, 6.07) is 18.3. The minimum atomic E-state index is -0.310. The van der Waals surface area contributed by atoms with Gasteiger partial charge in [0.1, 0.15) is 5.25 Å². The largest absolute Gasteiger partial charge is 0.352 e. The van der Waals surface area contributed by atoms with Crippen LogP contribution in [0.1, 0.15) is 49.3 Å². The highest BCUT2D eigenvalue weighted by molar-refractivity contribution is 8.00. The number of hydrogen-bond donors (Lipinski definition) is 2. The number of imidazole rings is 1. The number of fused-ring (bicyclic) bond motifs is 1. The molecule has 5 heteroatoms. The molecule has 1 aromatic heterocycles. The van der Waals surface area contributed by atoms with E-state index in [1.54, 1.807) is 0 Å². The molecule has 2 aromatic carbocycles. The van der Waals surface area contributed by atoms with Gasteiger partial charge in [-0.2, -0.15) is 0 Å². The summed E-state index contributed by atoms with van der Waals surface area (Å²) in [6.45, 7) is 0. The molecule has 27 heavy (non-hydrogen) atoms. The van der Waals surface area contributed by atoms with Crippen molar-refractivity contribution in [2.75, 3.05) is 0 Å². The quantitative estimate of drug-likeness (QED) is 0.471. The molecule has 0 saturated heterocycles. The van der Waals surface area contributed by atoms with Crippen molar-refractivity contribution < 1.29 is 4.79 Å². The van der Waals surface area contributed by atoms with E-state index < -0.39 is 0 Å². The lowest BCUT2D eigenvalue weighted by atomic mass is 10.1. The van der Waals surface area contributed by atoms with Crippen LogP contribution in [-0.4, -0.2) is 21.9 Å². The van der Waals surface area contributed by atoms with Gasteiger partial charge in [0.2, 0.25) is 5.91 Å². The lowest BCUT2D eigenvalue weighted by molar-refractivity contribution is -0.121. The van der Waals surface area contributed by atoms with Crippen LogP contribution in [0, 0.1) is 0 Å². The molecule has 1 unspecified atom stereocenters. The number of amides is 1. The van der Waals surface area contributed by atoms with Crippen molar-refractivity contribution >= 4 is 28.7 Å². The minimum Gasteiger partial charge on any atom is -0.352 e. The first-order valence-corrected chi connectivity index (χ1v) is 10.6. The zero-order chi connectivity index (χ0) is 18.5. The van der Waals surface area contributed by atoms with Crippen molar-refractivity contribution in [1.29, 1.82) is 0 Å². The molecule has 0 spiro atoms. The number of nitrogens with one attached hydrogen (secondary N) is 2. The van der Waals surface area contributed by atoms with Crippen molar-refractivity contribution in [2.45, 2.75) is 55.0 Å². The number of benzene rings is 2. The van der Waals surface area contributed by atoms with Crippen LogP contribution in [0.25, 0.3) is 11.0 Å². The summed E-state index contributed by atoms with van der Waals surface area (Å²) >= 11 is 1.49. The smallest absolute Gasteiger partial charge is 0.238 e. The third-order valence-corrected chi connectivity index (χ3v) is 6.28. The Morgan fingerprint density at radius 1 is 1.00 bits per heavy atom. The maximum Gasteiger partial charge on any atom is 0.238 e. The second-order valence-corrected chi connectivity index (χ2v) is 8.26. The lowest BCUT2D eigenvalue weighted by Crippen LogP contribution is -2.37. The molecule has 3 aromatic rings. The number of nitrogens with zero attached hydrogens (tertiary/aromatic N) is 1. The highest BCUT2D eigenvalue weighted by Gasteiger charge is 2.26. The first kappa shape index (κ1) is 18.1. The Hall–Kier alpha value is -2.27. The van der Waals surface area contributed by atoms with E-state index in [0.29, 0.717) is 6.04 Å². The second-order valence-electron chi connectivity index (χ2n) is 7.16. The molecule has 1 heterocycles. The first-order chi connectivity index (χ1) is 13.3. The molecule has 1 fully saturated rings. The summed E-state index contributed by atoms with van der Waals surface area (Å²) in [4.78, 5) is 21.2. The van der Waals surface area contributed by atoms with Crippen LogP contribution in [0.4, 0.5) is 0 Å². The van der Waals surface area contributed by atoms with Gasteiger partial charge in [0, 0.05) is 6.04 Å². The Morgan fingerprint density at radius 3 is 2.44 bits per heavy atom. The van der Waals surface area contributed by atoms with E-state index in [2.05, 4.69) is 15.3 Å². The monoisotopic (exact) mass is 379 g/mol. The highest BCUT2D eigenvalue weighted by atomic mass is 32.2. The molecule has 140 valence electrons. The van der Waals surface area contributed by atoms with E-state index in [1.165, 1.54) is 37.4 Å². The van der Waals surface area contributed by atoms with Gasteiger partial charge in [0.05, 0.1) is 11.0 Å². The summed E-state index contributed by atoms with van der Waals surface area (Å²) in [7, 11) is 0. The predicted molar refractivity (Wildman–Crippen MR) is 111 cm³/mol. The third kappa shape index (κ3) is 4.53. The van der Waals surface area contributed by atoms with Crippen molar-refractivity contribution in [3.63, 3.8) is 0 Å². The van der Waals surface area contributed by atoms with Crippen molar-refractivity contribution in [3.05, 3.63) is 60.2 Å². The number of para-hydroxylation sites is 2. The fourth-order valence-electron chi connectivity index (χ4n) is 3.70. The zero-order valence-corrected chi connectivity index (χ0v) is 16.2. The highest BCUT2D eigenvalue weighted by Crippen LogP contribution is 2.35. The van der Waals surface area contributed by atoms with Gasteiger partial charge < -0.3 is 10.3 Å². The number of rotatable bonds is 5. The second kappa shape index (κ2) is 8.61. The Balaban J connectivity index is 1.55. The molecular formula is C22H25N3OS.